The van der Waals surface area contributed by atoms with Crippen molar-refractivity contribution in [2.75, 3.05) is 26.3 Å². The molecule has 0 bridgehead atoms. The summed E-state index contributed by atoms with van der Waals surface area (Å²) in [5.41, 5.74) is 0.955. The van der Waals surface area contributed by atoms with E-state index in [-0.39, 0.29) is 13.2 Å². The molecule has 0 saturated heterocycles. The smallest absolute Gasteiger partial charge is 0.119 e. The van der Waals surface area contributed by atoms with Crippen LogP contribution in [0.5, 0.6) is 5.75 Å². The number of hydrogen-bond acceptors (Lipinski definition) is 4. The lowest BCUT2D eigenvalue weighted by Crippen LogP contribution is -2.34. The zero-order chi connectivity index (χ0) is 15.7. The number of rotatable bonds is 10. The Morgan fingerprint density at radius 3 is 2.71 bits per heavy atom. The van der Waals surface area contributed by atoms with Crippen LogP contribution in [0.25, 0.3) is 0 Å². The van der Waals surface area contributed by atoms with Crippen molar-refractivity contribution in [1.82, 2.24) is 5.32 Å². The zero-order valence-electron chi connectivity index (χ0n) is 12.8. The van der Waals surface area contributed by atoms with Gasteiger partial charge in [0.1, 0.15) is 18.5 Å². The molecular weight excluding hydrogens is 290 g/mol. The Morgan fingerprint density at radius 2 is 2.10 bits per heavy atom. The molecule has 0 aliphatic carbocycles. The normalized spacial score (nSPS) is 14.0. The van der Waals surface area contributed by atoms with E-state index in [1.165, 1.54) is 0 Å². The van der Waals surface area contributed by atoms with E-state index in [0.717, 1.165) is 24.9 Å². The van der Waals surface area contributed by atoms with Gasteiger partial charge in [0.2, 0.25) is 0 Å². The first-order chi connectivity index (χ1) is 10.1. The van der Waals surface area contributed by atoms with E-state index in [0.29, 0.717) is 23.2 Å². The average Bonchev–Trinajstić information content (AvgIpc) is 2.47. The minimum Gasteiger partial charge on any atom is -0.491 e. The lowest BCUT2D eigenvalue weighted by Gasteiger charge is -2.17. The van der Waals surface area contributed by atoms with Crippen LogP contribution in [0, 0.1) is 12.8 Å². The van der Waals surface area contributed by atoms with E-state index >= 15 is 0 Å². The van der Waals surface area contributed by atoms with Crippen LogP contribution in [0.15, 0.2) is 18.2 Å². The minimum atomic E-state index is -0.562. The Hall–Kier alpha value is -0.810. The Morgan fingerprint density at radius 1 is 1.33 bits per heavy atom. The number of halogens is 1. The molecule has 0 amide bonds. The summed E-state index contributed by atoms with van der Waals surface area (Å²) in [4.78, 5) is 0. The van der Waals surface area contributed by atoms with E-state index in [4.69, 9.17) is 21.4 Å². The second kappa shape index (κ2) is 10.0. The molecule has 0 fully saturated rings. The first-order valence-corrected chi connectivity index (χ1v) is 7.83. The highest BCUT2D eigenvalue weighted by molar-refractivity contribution is 6.31. The third kappa shape index (κ3) is 7.14. The molecule has 3 N–H and O–H groups in total. The van der Waals surface area contributed by atoms with Gasteiger partial charge in [-0.3, -0.25) is 0 Å². The first kappa shape index (κ1) is 18.2. The second-order valence-corrected chi connectivity index (χ2v) is 5.73. The molecule has 0 saturated carbocycles. The molecule has 2 atom stereocenters. The predicted molar refractivity (Wildman–Crippen MR) is 86.0 cm³/mol. The largest absolute Gasteiger partial charge is 0.491 e. The molecule has 120 valence electrons. The monoisotopic (exact) mass is 315 g/mol. The van der Waals surface area contributed by atoms with E-state index < -0.39 is 6.10 Å². The van der Waals surface area contributed by atoms with Crippen LogP contribution in [0.1, 0.15) is 25.3 Å². The van der Waals surface area contributed by atoms with Gasteiger partial charge in [-0.05, 0) is 49.6 Å². The number of aryl methyl sites for hydroxylation is 1. The van der Waals surface area contributed by atoms with Gasteiger partial charge in [-0.25, -0.2) is 0 Å². The summed E-state index contributed by atoms with van der Waals surface area (Å²) in [5.74, 6) is 1.16. The first-order valence-electron chi connectivity index (χ1n) is 7.45. The number of nitrogens with one attached hydrogen (secondary N) is 1. The molecule has 0 spiro atoms. The van der Waals surface area contributed by atoms with Crippen molar-refractivity contribution < 1.29 is 14.9 Å². The number of aliphatic hydroxyl groups is 2. The van der Waals surface area contributed by atoms with Crippen molar-refractivity contribution in [2.24, 2.45) is 5.92 Å². The maximum absolute atomic E-state index is 9.89. The van der Waals surface area contributed by atoms with Crippen molar-refractivity contribution in [3.8, 4) is 5.75 Å². The van der Waals surface area contributed by atoms with Gasteiger partial charge in [-0.15, -0.1) is 0 Å². The highest BCUT2D eigenvalue weighted by Crippen LogP contribution is 2.21. The van der Waals surface area contributed by atoms with Crippen LogP contribution in [0.4, 0.5) is 0 Å². The van der Waals surface area contributed by atoms with Crippen LogP contribution in [0.3, 0.4) is 0 Å². The van der Waals surface area contributed by atoms with Gasteiger partial charge in [0.15, 0.2) is 0 Å². The van der Waals surface area contributed by atoms with Crippen LogP contribution >= 0.6 is 11.6 Å². The molecule has 1 rings (SSSR count). The molecule has 0 aromatic heterocycles. The van der Waals surface area contributed by atoms with Crippen LogP contribution < -0.4 is 10.1 Å². The summed E-state index contributed by atoms with van der Waals surface area (Å²) in [7, 11) is 0. The molecule has 4 nitrogen and oxygen atoms in total. The van der Waals surface area contributed by atoms with Crippen LogP contribution in [-0.4, -0.2) is 42.6 Å². The Kier molecular flexibility index (Phi) is 8.69. The van der Waals surface area contributed by atoms with Gasteiger partial charge in [-0.2, -0.15) is 0 Å². The average molecular weight is 316 g/mol. The number of ether oxygens (including phenoxy) is 1. The maximum atomic E-state index is 9.89. The third-order valence-corrected chi connectivity index (χ3v) is 3.92. The molecule has 1 aromatic carbocycles. The van der Waals surface area contributed by atoms with Crippen molar-refractivity contribution in [3.05, 3.63) is 28.8 Å². The number of hydrogen-bond donors (Lipinski definition) is 3. The highest BCUT2D eigenvalue weighted by atomic mass is 35.5. The Labute approximate surface area is 132 Å². The van der Waals surface area contributed by atoms with Gasteiger partial charge < -0.3 is 20.3 Å². The number of benzene rings is 1. The van der Waals surface area contributed by atoms with Crippen molar-refractivity contribution >= 4 is 11.6 Å². The second-order valence-electron chi connectivity index (χ2n) is 5.32. The Balaban J connectivity index is 2.24. The van der Waals surface area contributed by atoms with Crippen LogP contribution in [-0.2, 0) is 0 Å². The van der Waals surface area contributed by atoms with E-state index in [2.05, 4.69) is 12.2 Å². The topological polar surface area (TPSA) is 61.7 Å². The summed E-state index contributed by atoms with van der Waals surface area (Å²) in [6.07, 6.45) is 1.25. The lowest BCUT2D eigenvalue weighted by atomic mass is 10.0. The number of aliphatic hydroxyl groups excluding tert-OH is 2. The third-order valence-electron chi connectivity index (χ3n) is 3.50. The van der Waals surface area contributed by atoms with Gasteiger partial charge in [0.05, 0.1) is 0 Å². The van der Waals surface area contributed by atoms with Crippen molar-refractivity contribution in [1.29, 1.82) is 0 Å². The molecule has 0 aliphatic rings. The molecule has 5 heteroatoms. The van der Waals surface area contributed by atoms with Gasteiger partial charge in [-0.1, -0.05) is 24.9 Å². The molecule has 0 aliphatic heterocycles. The molecule has 0 heterocycles. The summed E-state index contributed by atoms with van der Waals surface area (Å²) in [6.45, 7) is 5.75. The summed E-state index contributed by atoms with van der Waals surface area (Å²) >= 11 is 5.95. The van der Waals surface area contributed by atoms with Crippen LogP contribution in [0.2, 0.25) is 5.02 Å². The van der Waals surface area contributed by atoms with Crippen molar-refractivity contribution in [2.45, 2.75) is 32.8 Å². The SMILES string of the molecule is CCC(CCO)CNCC(O)COc1ccc(Cl)c(C)c1. The fraction of sp³-hybridized carbons (Fsp3) is 0.625. The van der Waals surface area contributed by atoms with E-state index in [9.17, 15) is 5.11 Å². The standard InChI is InChI=1S/C16H26ClNO3/c1-3-13(6-7-19)9-18-10-14(20)11-21-15-4-5-16(17)12(2)8-15/h4-5,8,13-14,18-20H,3,6-7,9-11H2,1-2H3. The van der Waals surface area contributed by atoms with Gasteiger partial charge >= 0.3 is 0 Å². The zero-order valence-corrected chi connectivity index (χ0v) is 13.6. The molecule has 2 unspecified atom stereocenters. The fourth-order valence-electron chi connectivity index (χ4n) is 2.05. The molecule has 1 aromatic rings. The molecule has 21 heavy (non-hydrogen) atoms. The highest BCUT2D eigenvalue weighted by Gasteiger charge is 2.09. The van der Waals surface area contributed by atoms with Gasteiger partial charge in [0, 0.05) is 18.2 Å². The Bertz CT molecular complexity index is 415. The van der Waals surface area contributed by atoms with Crippen molar-refractivity contribution in [3.63, 3.8) is 0 Å². The van der Waals surface area contributed by atoms with Gasteiger partial charge in [0.25, 0.3) is 0 Å². The van der Waals surface area contributed by atoms with E-state index in [1.807, 2.05) is 13.0 Å². The fourth-order valence-corrected chi connectivity index (χ4v) is 2.16. The quantitative estimate of drug-likeness (QED) is 0.620. The predicted octanol–water partition coefficient (Wildman–Crippen LogP) is 2.39. The summed E-state index contributed by atoms with van der Waals surface area (Å²) in [5, 5.41) is 22.7. The minimum absolute atomic E-state index is 0.210. The lowest BCUT2D eigenvalue weighted by molar-refractivity contribution is 0.105. The maximum Gasteiger partial charge on any atom is 0.119 e. The van der Waals surface area contributed by atoms with E-state index in [1.54, 1.807) is 12.1 Å². The summed E-state index contributed by atoms with van der Waals surface area (Å²) < 4.78 is 5.55. The molecule has 0 radical (unpaired) electrons. The summed E-state index contributed by atoms with van der Waals surface area (Å²) in [6, 6.07) is 5.44. The molecular formula is C16H26ClNO3.